The third-order valence-corrected chi connectivity index (χ3v) is 4.93. The van der Waals surface area contributed by atoms with E-state index in [1.165, 1.54) is 6.42 Å². The van der Waals surface area contributed by atoms with Crippen LogP contribution in [0.3, 0.4) is 0 Å². The maximum absolute atomic E-state index is 10.2. The fraction of sp³-hybridized carbons (Fsp3) is 0.562. The quantitative estimate of drug-likeness (QED) is 0.772. The number of phenolic OH excluding ortho intramolecular Hbond substituents is 1. The van der Waals surface area contributed by atoms with Gasteiger partial charge in [-0.2, -0.15) is 5.26 Å². The summed E-state index contributed by atoms with van der Waals surface area (Å²) < 4.78 is 6.27. The number of phenols is 1. The molecule has 3 nitrogen and oxygen atoms in total. The molecule has 0 radical (unpaired) electrons. The van der Waals surface area contributed by atoms with Crippen LogP contribution in [-0.4, -0.2) is 10.7 Å². The van der Waals surface area contributed by atoms with E-state index in [0.717, 1.165) is 47.3 Å². The summed E-state index contributed by atoms with van der Waals surface area (Å²) in [5.41, 5.74) is 3.43. The molecular weight excluding hydrogens is 238 g/mol. The second-order valence-electron chi connectivity index (χ2n) is 5.99. The van der Waals surface area contributed by atoms with E-state index in [0.29, 0.717) is 5.75 Å². The van der Waals surface area contributed by atoms with Gasteiger partial charge in [-0.15, -0.1) is 0 Å². The minimum atomic E-state index is -0.158. The summed E-state index contributed by atoms with van der Waals surface area (Å²) in [7, 11) is 0. The zero-order chi connectivity index (χ0) is 13.8. The molecule has 1 aromatic rings. The molecule has 1 atom stereocenters. The van der Waals surface area contributed by atoms with Gasteiger partial charge in [-0.05, 0) is 56.7 Å². The standard InChI is InChI=1S/C16H19NO2/c1-9-10(2)15-13(11(3)14(9)18)12(8-17)7-16(19-15)5-4-6-16/h12,18H,4-7H2,1-3H3. The zero-order valence-electron chi connectivity index (χ0n) is 11.7. The molecule has 2 aliphatic rings. The van der Waals surface area contributed by atoms with Crippen molar-refractivity contribution in [2.45, 2.75) is 58.0 Å². The summed E-state index contributed by atoms with van der Waals surface area (Å²) in [6, 6.07) is 2.41. The van der Waals surface area contributed by atoms with Gasteiger partial charge < -0.3 is 9.84 Å². The SMILES string of the molecule is Cc1c(C)c2c(c(C)c1O)C(C#N)CC1(CCC1)O2. The van der Waals surface area contributed by atoms with Crippen molar-refractivity contribution in [2.75, 3.05) is 0 Å². The highest BCUT2D eigenvalue weighted by molar-refractivity contribution is 5.60. The molecule has 0 aromatic heterocycles. The van der Waals surface area contributed by atoms with Crippen molar-refractivity contribution in [2.24, 2.45) is 0 Å². The Morgan fingerprint density at radius 3 is 2.42 bits per heavy atom. The summed E-state index contributed by atoms with van der Waals surface area (Å²) in [5, 5.41) is 19.7. The molecule has 3 heteroatoms. The smallest absolute Gasteiger partial charge is 0.128 e. The van der Waals surface area contributed by atoms with Gasteiger partial charge in [0, 0.05) is 12.0 Å². The third kappa shape index (κ3) is 1.56. The van der Waals surface area contributed by atoms with E-state index < -0.39 is 0 Å². The fourth-order valence-electron chi connectivity index (χ4n) is 3.40. The maximum atomic E-state index is 10.2. The van der Waals surface area contributed by atoms with Crippen LogP contribution in [0.2, 0.25) is 0 Å². The molecule has 1 heterocycles. The van der Waals surface area contributed by atoms with E-state index in [4.69, 9.17) is 4.74 Å². The zero-order valence-corrected chi connectivity index (χ0v) is 11.7. The highest BCUT2D eigenvalue weighted by atomic mass is 16.5. The molecule has 1 aliphatic heterocycles. The Hall–Kier alpha value is -1.69. The lowest BCUT2D eigenvalue weighted by Crippen LogP contribution is -2.47. The number of rotatable bonds is 0. The van der Waals surface area contributed by atoms with E-state index in [2.05, 4.69) is 6.07 Å². The van der Waals surface area contributed by atoms with Crippen LogP contribution in [0.25, 0.3) is 0 Å². The third-order valence-electron chi connectivity index (χ3n) is 4.93. The molecule has 1 aliphatic carbocycles. The molecule has 3 rings (SSSR count). The molecule has 1 fully saturated rings. The minimum absolute atomic E-state index is 0.117. The topological polar surface area (TPSA) is 53.2 Å². The van der Waals surface area contributed by atoms with Crippen LogP contribution >= 0.6 is 0 Å². The lowest BCUT2D eigenvalue weighted by Gasteiger charge is -2.47. The lowest BCUT2D eigenvalue weighted by molar-refractivity contribution is -0.0295. The summed E-state index contributed by atoms with van der Waals surface area (Å²) in [4.78, 5) is 0. The first kappa shape index (κ1) is 12.3. The molecule has 1 N–H and O–H groups in total. The van der Waals surface area contributed by atoms with E-state index in [1.807, 2.05) is 20.8 Å². The number of nitriles is 1. The Labute approximate surface area is 113 Å². The van der Waals surface area contributed by atoms with Crippen molar-refractivity contribution < 1.29 is 9.84 Å². The number of benzene rings is 1. The molecule has 1 unspecified atom stereocenters. The summed E-state index contributed by atoms with van der Waals surface area (Å²) >= 11 is 0. The Morgan fingerprint density at radius 1 is 1.21 bits per heavy atom. The number of nitrogens with zero attached hydrogens (tertiary/aromatic N) is 1. The molecule has 0 bridgehead atoms. The maximum Gasteiger partial charge on any atom is 0.128 e. The average Bonchev–Trinajstić information content (AvgIpc) is 2.39. The molecule has 1 aromatic carbocycles. The minimum Gasteiger partial charge on any atom is -0.507 e. The van der Waals surface area contributed by atoms with E-state index >= 15 is 0 Å². The number of aromatic hydroxyl groups is 1. The molecule has 19 heavy (non-hydrogen) atoms. The van der Waals surface area contributed by atoms with Gasteiger partial charge in [-0.25, -0.2) is 0 Å². The van der Waals surface area contributed by atoms with E-state index in [1.54, 1.807) is 0 Å². The van der Waals surface area contributed by atoms with Gasteiger partial charge in [-0.1, -0.05) is 0 Å². The Bertz CT molecular complexity index is 594. The predicted octanol–water partition coefficient (Wildman–Crippen LogP) is 3.63. The van der Waals surface area contributed by atoms with Crippen LogP contribution in [-0.2, 0) is 0 Å². The first-order chi connectivity index (χ1) is 8.99. The fourth-order valence-corrected chi connectivity index (χ4v) is 3.40. The predicted molar refractivity (Wildman–Crippen MR) is 72.5 cm³/mol. The molecule has 0 saturated heterocycles. The second kappa shape index (κ2) is 3.90. The van der Waals surface area contributed by atoms with Crippen molar-refractivity contribution >= 4 is 0 Å². The van der Waals surface area contributed by atoms with Gasteiger partial charge in [0.05, 0.1) is 12.0 Å². The van der Waals surface area contributed by atoms with Gasteiger partial charge in [-0.3, -0.25) is 0 Å². The normalized spacial score (nSPS) is 23.2. The Morgan fingerprint density at radius 2 is 1.89 bits per heavy atom. The van der Waals surface area contributed by atoms with Crippen LogP contribution in [0.5, 0.6) is 11.5 Å². The first-order valence-corrected chi connectivity index (χ1v) is 6.90. The summed E-state index contributed by atoms with van der Waals surface area (Å²) in [6.45, 7) is 5.76. The van der Waals surface area contributed by atoms with Crippen LogP contribution in [0.15, 0.2) is 0 Å². The summed E-state index contributed by atoms with van der Waals surface area (Å²) in [6.07, 6.45) is 4.04. The molecule has 1 spiro atoms. The molecule has 100 valence electrons. The summed E-state index contributed by atoms with van der Waals surface area (Å²) in [5.74, 6) is 1.00. The van der Waals surface area contributed by atoms with Gasteiger partial charge in [0.2, 0.25) is 0 Å². The number of ether oxygens (including phenoxy) is 1. The van der Waals surface area contributed by atoms with Crippen LogP contribution < -0.4 is 4.74 Å². The average molecular weight is 257 g/mol. The van der Waals surface area contributed by atoms with Crippen LogP contribution in [0, 0.1) is 32.1 Å². The highest BCUT2D eigenvalue weighted by Gasteiger charge is 2.47. The van der Waals surface area contributed by atoms with Crippen molar-refractivity contribution in [3.8, 4) is 17.6 Å². The Balaban J connectivity index is 2.23. The monoisotopic (exact) mass is 257 g/mol. The van der Waals surface area contributed by atoms with Crippen molar-refractivity contribution in [1.29, 1.82) is 5.26 Å². The van der Waals surface area contributed by atoms with E-state index in [9.17, 15) is 10.4 Å². The van der Waals surface area contributed by atoms with Crippen molar-refractivity contribution in [3.63, 3.8) is 0 Å². The molecule has 0 amide bonds. The van der Waals surface area contributed by atoms with Crippen molar-refractivity contribution in [3.05, 3.63) is 22.3 Å². The largest absolute Gasteiger partial charge is 0.507 e. The molecular formula is C16H19NO2. The molecule has 1 saturated carbocycles. The highest BCUT2D eigenvalue weighted by Crippen LogP contribution is 2.53. The number of fused-ring (bicyclic) bond motifs is 1. The number of hydrogen-bond acceptors (Lipinski definition) is 3. The first-order valence-electron chi connectivity index (χ1n) is 6.90. The lowest BCUT2D eigenvalue weighted by atomic mass is 9.70. The van der Waals surface area contributed by atoms with E-state index in [-0.39, 0.29) is 11.5 Å². The number of hydrogen-bond donors (Lipinski definition) is 1. The van der Waals surface area contributed by atoms with Crippen LogP contribution in [0.1, 0.15) is 53.9 Å². The van der Waals surface area contributed by atoms with Gasteiger partial charge in [0.25, 0.3) is 0 Å². The van der Waals surface area contributed by atoms with Gasteiger partial charge >= 0.3 is 0 Å². The van der Waals surface area contributed by atoms with Gasteiger partial charge in [0.1, 0.15) is 17.1 Å². The Kier molecular flexibility index (Phi) is 2.53. The second-order valence-corrected chi connectivity index (χ2v) is 5.99. The van der Waals surface area contributed by atoms with Gasteiger partial charge in [0.15, 0.2) is 0 Å². The van der Waals surface area contributed by atoms with Crippen LogP contribution in [0.4, 0.5) is 0 Å². The van der Waals surface area contributed by atoms with Crippen molar-refractivity contribution in [1.82, 2.24) is 0 Å².